The van der Waals surface area contributed by atoms with E-state index < -0.39 is 51.8 Å². The van der Waals surface area contributed by atoms with E-state index in [1.807, 2.05) is 6.92 Å². The number of nitrogens with one attached hydrogen (secondary N) is 2. The van der Waals surface area contributed by atoms with E-state index in [0.717, 1.165) is 42.4 Å². The second-order valence-corrected chi connectivity index (χ2v) is 13.7. The van der Waals surface area contributed by atoms with Gasteiger partial charge in [0, 0.05) is 41.7 Å². The van der Waals surface area contributed by atoms with Crippen LogP contribution in [0.2, 0.25) is 0 Å². The SMILES string of the molecule is CC1(O)CCC(N2CC(CC(=O)NC(C)(C)c3cc(F)cc(F)c3)(NC(=O)c3ccc(-c4ccc(F)cc4F)s3)C2)CC1. The minimum atomic E-state index is -1.09. The summed E-state index contributed by atoms with van der Waals surface area (Å²) in [5.74, 6) is -3.76. The highest BCUT2D eigenvalue weighted by Gasteiger charge is 2.49. The Kier molecular flexibility index (Phi) is 8.45. The molecule has 11 heteroatoms. The Bertz CT molecular complexity index is 1500. The Morgan fingerprint density at radius 2 is 1.63 bits per heavy atom. The van der Waals surface area contributed by atoms with E-state index >= 15 is 0 Å². The zero-order valence-electron chi connectivity index (χ0n) is 24.3. The summed E-state index contributed by atoms with van der Waals surface area (Å²) >= 11 is 1.06. The Morgan fingerprint density at radius 3 is 2.26 bits per heavy atom. The second-order valence-electron chi connectivity index (χ2n) is 12.7. The fourth-order valence-electron chi connectivity index (χ4n) is 6.10. The second kappa shape index (κ2) is 11.7. The van der Waals surface area contributed by atoms with Crippen LogP contribution in [0.4, 0.5) is 17.6 Å². The number of nitrogens with zero attached hydrogens (tertiary/aromatic N) is 1. The molecule has 6 nitrogen and oxygen atoms in total. The first-order valence-electron chi connectivity index (χ1n) is 14.3. The lowest BCUT2D eigenvalue weighted by Crippen LogP contribution is -2.73. The first-order valence-corrected chi connectivity index (χ1v) is 15.1. The zero-order chi connectivity index (χ0) is 31.2. The van der Waals surface area contributed by atoms with Crippen LogP contribution in [0, 0.1) is 23.3 Å². The van der Waals surface area contributed by atoms with Gasteiger partial charge in [0.1, 0.15) is 23.3 Å². The fraction of sp³-hybridized carbons (Fsp3) is 0.438. The Hall–Kier alpha value is -3.28. The average Bonchev–Trinajstić information content (AvgIpc) is 3.36. The lowest BCUT2D eigenvalue weighted by molar-refractivity contribution is -0.127. The summed E-state index contributed by atoms with van der Waals surface area (Å²) < 4.78 is 55.5. The molecule has 2 fully saturated rings. The smallest absolute Gasteiger partial charge is 0.261 e. The Morgan fingerprint density at radius 1 is 0.977 bits per heavy atom. The van der Waals surface area contributed by atoms with Crippen LogP contribution >= 0.6 is 11.3 Å². The number of hydrogen-bond acceptors (Lipinski definition) is 5. The number of amides is 2. The maximum atomic E-state index is 14.4. The van der Waals surface area contributed by atoms with Gasteiger partial charge in [-0.2, -0.15) is 0 Å². The molecule has 0 unspecified atom stereocenters. The first-order chi connectivity index (χ1) is 20.1. The average molecular weight is 618 g/mol. The van der Waals surface area contributed by atoms with Crippen molar-refractivity contribution in [2.75, 3.05) is 13.1 Å². The van der Waals surface area contributed by atoms with Gasteiger partial charge in [-0.25, -0.2) is 17.6 Å². The third-order valence-corrected chi connectivity index (χ3v) is 9.62. The number of carbonyl (C=O) groups excluding carboxylic acids is 2. The summed E-state index contributed by atoms with van der Waals surface area (Å²) in [6.45, 7) is 5.92. The van der Waals surface area contributed by atoms with Gasteiger partial charge < -0.3 is 15.7 Å². The summed E-state index contributed by atoms with van der Waals surface area (Å²) in [6.07, 6.45) is 2.82. The molecule has 2 heterocycles. The predicted molar refractivity (Wildman–Crippen MR) is 156 cm³/mol. The minimum Gasteiger partial charge on any atom is -0.390 e. The molecule has 0 bridgehead atoms. The lowest BCUT2D eigenvalue weighted by Gasteiger charge is -2.55. The van der Waals surface area contributed by atoms with E-state index in [1.165, 1.54) is 18.2 Å². The van der Waals surface area contributed by atoms with Crippen molar-refractivity contribution in [3.63, 3.8) is 0 Å². The van der Waals surface area contributed by atoms with Gasteiger partial charge in [0.05, 0.1) is 28.0 Å². The number of likely N-dealkylation sites (tertiary alicyclic amines) is 1. The van der Waals surface area contributed by atoms with Gasteiger partial charge in [0.2, 0.25) is 5.91 Å². The highest BCUT2D eigenvalue weighted by Crippen LogP contribution is 2.37. The molecule has 0 radical (unpaired) electrons. The first kappa shape index (κ1) is 31.2. The molecule has 2 amide bonds. The van der Waals surface area contributed by atoms with Crippen LogP contribution in [-0.2, 0) is 10.3 Å². The molecule has 3 N–H and O–H groups in total. The minimum absolute atomic E-state index is 0.0777. The van der Waals surface area contributed by atoms with Crippen LogP contribution < -0.4 is 10.6 Å². The van der Waals surface area contributed by atoms with Crippen LogP contribution in [-0.4, -0.2) is 52.1 Å². The predicted octanol–water partition coefficient (Wildman–Crippen LogP) is 5.89. The summed E-state index contributed by atoms with van der Waals surface area (Å²) in [6, 6.07) is 9.72. The van der Waals surface area contributed by atoms with E-state index in [0.29, 0.717) is 35.7 Å². The monoisotopic (exact) mass is 617 g/mol. The number of carbonyl (C=O) groups is 2. The maximum Gasteiger partial charge on any atom is 0.261 e. The molecule has 3 aromatic rings. The number of halogens is 4. The van der Waals surface area contributed by atoms with Gasteiger partial charge >= 0.3 is 0 Å². The third kappa shape index (κ3) is 7.11. The molecular formula is C32H35F4N3O3S. The largest absolute Gasteiger partial charge is 0.390 e. The van der Waals surface area contributed by atoms with Crippen LogP contribution in [0.15, 0.2) is 48.5 Å². The molecule has 0 spiro atoms. The van der Waals surface area contributed by atoms with Crippen molar-refractivity contribution in [3.05, 3.63) is 82.2 Å². The van der Waals surface area contributed by atoms with Crippen molar-refractivity contribution in [2.45, 2.75) is 75.6 Å². The van der Waals surface area contributed by atoms with Gasteiger partial charge in [0.15, 0.2) is 0 Å². The zero-order valence-corrected chi connectivity index (χ0v) is 25.1. The van der Waals surface area contributed by atoms with Gasteiger partial charge in [-0.1, -0.05) is 0 Å². The number of thiophene rings is 1. The van der Waals surface area contributed by atoms with Crippen LogP contribution in [0.5, 0.6) is 0 Å². The van der Waals surface area contributed by atoms with Gasteiger partial charge in [-0.15, -0.1) is 11.3 Å². The van der Waals surface area contributed by atoms with Crippen molar-refractivity contribution >= 4 is 23.2 Å². The summed E-state index contributed by atoms with van der Waals surface area (Å²) in [5, 5.41) is 16.3. The molecule has 2 aliphatic rings. The lowest BCUT2D eigenvalue weighted by atomic mass is 9.78. The molecule has 43 heavy (non-hydrogen) atoms. The fourth-order valence-corrected chi connectivity index (χ4v) is 7.03. The van der Waals surface area contributed by atoms with E-state index in [1.54, 1.807) is 26.0 Å². The molecule has 1 saturated heterocycles. The number of benzene rings is 2. The maximum absolute atomic E-state index is 14.4. The van der Waals surface area contributed by atoms with E-state index in [4.69, 9.17) is 0 Å². The van der Waals surface area contributed by atoms with Crippen molar-refractivity contribution in [1.82, 2.24) is 15.5 Å². The van der Waals surface area contributed by atoms with Crippen LogP contribution in [0.1, 0.15) is 68.1 Å². The van der Waals surface area contributed by atoms with Gasteiger partial charge in [0.25, 0.3) is 5.91 Å². The van der Waals surface area contributed by atoms with Crippen molar-refractivity contribution in [1.29, 1.82) is 0 Å². The summed E-state index contributed by atoms with van der Waals surface area (Å²) in [4.78, 5) is 29.8. The molecule has 1 aromatic heterocycles. The third-order valence-electron chi connectivity index (χ3n) is 8.50. The quantitative estimate of drug-likeness (QED) is 0.276. The van der Waals surface area contributed by atoms with Crippen molar-refractivity contribution in [2.24, 2.45) is 0 Å². The van der Waals surface area contributed by atoms with Crippen molar-refractivity contribution < 1.29 is 32.3 Å². The van der Waals surface area contributed by atoms with Crippen molar-refractivity contribution in [3.8, 4) is 10.4 Å². The molecular weight excluding hydrogens is 582 g/mol. The Labute approximate surface area is 252 Å². The highest BCUT2D eigenvalue weighted by atomic mass is 32.1. The topological polar surface area (TPSA) is 81.7 Å². The number of hydrogen-bond donors (Lipinski definition) is 3. The van der Waals surface area contributed by atoms with Crippen LogP contribution in [0.3, 0.4) is 0 Å². The molecule has 0 atom stereocenters. The van der Waals surface area contributed by atoms with E-state index in [-0.39, 0.29) is 23.6 Å². The number of rotatable bonds is 8. The van der Waals surface area contributed by atoms with Gasteiger partial charge in [-0.05, 0) is 88.4 Å². The molecule has 1 saturated carbocycles. The van der Waals surface area contributed by atoms with Crippen LogP contribution in [0.25, 0.3) is 10.4 Å². The van der Waals surface area contributed by atoms with Gasteiger partial charge in [-0.3, -0.25) is 14.5 Å². The normalized spacial score (nSPS) is 22.1. The molecule has 1 aliphatic carbocycles. The summed E-state index contributed by atoms with van der Waals surface area (Å²) in [7, 11) is 0. The molecule has 2 aromatic carbocycles. The summed E-state index contributed by atoms with van der Waals surface area (Å²) in [5.41, 5.74) is -2.27. The molecule has 230 valence electrons. The standard InChI is InChI=1S/C32H35F4N3O3S/c1-30(2,19-12-21(34)14-22(35)13-19)37-28(40)16-32(17-39(18-32)23-8-10-31(3,42)11-9-23)38-29(41)27-7-6-26(43-27)24-5-4-20(33)15-25(24)36/h4-7,12-15,23,42H,8-11,16-18H2,1-3H3,(H,37,40)(H,38,41). The van der Waals surface area contributed by atoms with E-state index in [9.17, 15) is 32.3 Å². The van der Waals surface area contributed by atoms with E-state index in [2.05, 4.69) is 15.5 Å². The number of aliphatic hydroxyl groups is 1. The molecule has 1 aliphatic heterocycles. The Balaban J connectivity index is 1.32. The molecule has 5 rings (SSSR count). The highest BCUT2D eigenvalue weighted by molar-refractivity contribution is 7.17.